The minimum Gasteiger partial charge on any atom is -0.325 e. The molecule has 0 heterocycles. The smallest absolute Gasteiger partial charge is 0.0177 e. The number of hydrogen-bond donors (Lipinski definition) is 1. The van der Waals surface area contributed by atoms with Crippen LogP contribution in [0.25, 0.3) is 0 Å². The lowest BCUT2D eigenvalue weighted by Gasteiger charge is -2.32. The first-order valence-electron chi connectivity index (χ1n) is 5.33. The summed E-state index contributed by atoms with van der Waals surface area (Å²) >= 11 is 0. The molecule has 0 radical (unpaired) electrons. The Balaban J connectivity index is 2.55. The molecule has 2 atom stereocenters. The van der Waals surface area contributed by atoms with Gasteiger partial charge in [-0.3, -0.25) is 0 Å². The van der Waals surface area contributed by atoms with Crippen molar-refractivity contribution in [3.05, 3.63) is 0 Å². The van der Waals surface area contributed by atoms with Crippen LogP contribution in [0.1, 0.15) is 52.9 Å². The summed E-state index contributed by atoms with van der Waals surface area (Å²) in [5, 5.41) is 0. The van der Waals surface area contributed by atoms with Gasteiger partial charge in [0.15, 0.2) is 0 Å². The van der Waals surface area contributed by atoms with Gasteiger partial charge < -0.3 is 5.73 Å². The maximum absolute atomic E-state index is 6.36. The van der Waals surface area contributed by atoms with E-state index in [9.17, 15) is 0 Å². The van der Waals surface area contributed by atoms with Gasteiger partial charge in [-0.1, -0.05) is 33.6 Å². The first-order valence-corrected chi connectivity index (χ1v) is 5.33. The van der Waals surface area contributed by atoms with E-state index in [0.29, 0.717) is 5.92 Å². The molecule has 2 N–H and O–H groups in total. The minimum absolute atomic E-state index is 0.144. The summed E-state index contributed by atoms with van der Waals surface area (Å²) in [5.74, 6) is 1.54. The van der Waals surface area contributed by atoms with Gasteiger partial charge in [0.1, 0.15) is 0 Å². The molecule has 1 heteroatoms. The summed E-state index contributed by atoms with van der Waals surface area (Å²) in [4.78, 5) is 0. The van der Waals surface area contributed by atoms with Crippen LogP contribution < -0.4 is 5.73 Å². The van der Waals surface area contributed by atoms with Gasteiger partial charge in [0.2, 0.25) is 0 Å². The van der Waals surface area contributed by atoms with Gasteiger partial charge in [0.05, 0.1) is 0 Å². The molecule has 1 rings (SSSR count). The molecule has 0 aliphatic heterocycles. The largest absolute Gasteiger partial charge is 0.325 e. The molecule has 0 amide bonds. The maximum Gasteiger partial charge on any atom is 0.0177 e. The van der Waals surface area contributed by atoms with E-state index < -0.39 is 0 Å². The van der Waals surface area contributed by atoms with Crippen LogP contribution in [0.2, 0.25) is 0 Å². The molecule has 0 aromatic rings. The molecule has 1 aliphatic carbocycles. The molecule has 0 aromatic carbocycles. The molecule has 0 bridgehead atoms. The van der Waals surface area contributed by atoms with E-state index in [2.05, 4.69) is 20.8 Å². The van der Waals surface area contributed by atoms with Crippen molar-refractivity contribution in [1.82, 2.24) is 0 Å². The minimum atomic E-state index is 0.144. The summed E-state index contributed by atoms with van der Waals surface area (Å²) in [6, 6.07) is 0. The van der Waals surface area contributed by atoms with Crippen LogP contribution in [0, 0.1) is 11.8 Å². The van der Waals surface area contributed by atoms with Gasteiger partial charge >= 0.3 is 0 Å². The Kier molecular flexibility index (Phi) is 3.16. The van der Waals surface area contributed by atoms with Gasteiger partial charge in [0.25, 0.3) is 0 Å². The first kappa shape index (κ1) is 10.0. The van der Waals surface area contributed by atoms with Crippen LogP contribution in [-0.2, 0) is 0 Å². The van der Waals surface area contributed by atoms with E-state index >= 15 is 0 Å². The van der Waals surface area contributed by atoms with E-state index in [4.69, 9.17) is 5.73 Å². The average molecular weight is 169 g/mol. The molecule has 2 unspecified atom stereocenters. The fourth-order valence-electron chi connectivity index (χ4n) is 2.14. The molecule has 0 saturated heterocycles. The highest BCUT2D eigenvalue weighted by molar-refractivity contribution is 4.89. The zero-order valence-electron chi connectivity index (χ0n) is 8.77. The van der Waals surface area contributed by atoms with Gasteiger partial charge in [-0.25, -0.2) is 0 Å². The highest BCUT2D eigenvalue weighted by Gasteiger charge is 2.30. The van der Waals surface area contributed by atoms with Crippen molar-refractivity contribution in [3.8, 4) is 0 Å². The van der Waals surface area contributed by atoms with Crippen molar-refractivity contribution in [2.24, 2.45) is 17.6 Å². The van der Waals surface area contributed by atoms with Gasteiger partial charge in [0, 0.05) is 5.54 Å². The third kappa shape index (κ3) is 2.22. The number of nitrogens with two attached hydrogens (primary N) is 1. The van der Waals surface area contributed by atoms with Crippen LogP contribution in [0.15, 0.2) is 0 Å². The van der Waals surface area contributed by atoms with Crippen LogP contribution in [0.3, 0.4) is 0 Å². The van der Waals surface area contributed by atoms with Crippen molar-refractivity contribution in [2.75, 3.05) is 0 Å². The zero-order valence-corrected chi connectivity index (χ0v) is 8.77. The Morgan fingerprint density at radius 1 is 1.25 bits per heavy atom. The lowest BCUT2D eigenvalue weighted by Crippen LogP contribution is -2.44. The Morgan fingerprint density at radius 2 is 1.92 bits per heavy atom. The van der Waals surface area contributed by atoms with Crippen LogP contribution >= 0.6 is 0 Å². The molecular weight excluding hydrogens is 146 g/mol. The molecule has 1 fully saturated rings. The normalized spacial score (nSPS) is 38.2. The Hall–Kier alpha value is -0.0400. The van der Waals surface area contributed by atoms with Gasteiger partial charge in [-0.2, -0.15) is 0 Å². The van der Waals surface area contributed by atoms with Crippen molar-refractivity contribution in [3.63, 3.8) is 0 Å². The van der Waals surface area contributed by atoms with Crippen LogP contribution in [-0.4, -0.2) is 5.54 Å². The lowest BCUT2D eigenvalue weighted by atomic mass is 9.81. The van der Waals surface area contributed by atoms with E-state index in [1.54, 1.807) is 0 Å². The zero-order chi connectivity index (χ0) is 9.19. The standard InChI is InChI=1S/C11H23N/c1-9(2)11(12)7-4-5-10(3)6-8-11/h9-10H,4-8,12H2,1-3H3. The molecule has 12 heavy (non-hydrogen) atoms. The summed E-state index contributed by atoms with van der Waals surface area (Å²) in [7, 11) is 0. The Labute approximate surface area is 76.7 Å². The number of hydrogen-bond acceptors (Lipinski definition) is 1. The third-order valence-electron chi connectivity index (χ3n) is 3.59. The van der Waals surface area contributed by atoms with Gasteiger partial charge in [-0.05, 0) is 31.1 Å². The molecule has 0 spiro atoms. The molecular formula is C11H23N. The lowest BCUT2D eigenvalue weighted by molar-refractivity contribution is 0.269. The molecule has 1 aliphatic rings. The Morgan fingerprint density at radius 3 is 2.50 bits per heavy atom. The fourth-order valence-corrected chi connectivity index (χ4v) is 2.14. The van der Waals surface area contributed by atoms with Crippen LogP contribution in [0.4, 0.5) is 0 Å². The monoisotopic (exact) mass is 169 g/mol. The third-order valence-corrected chi connectivity index (χ3v) is 3.59. The second-order valence-electron chi connectivity index (χ2n) is 4.92. The molecule has 0 aromatic heterocycles. The fraction of sp³-hybridized carbons (Fsp3) is 1.00. The van der Waals surface area contributed by atoms with Gasteiger partial charge in [-0.15, -0.1) is 0 Å². The second kappa shape index (κ2) is 3.78. The summed E-state index contributed by atoms with van der Waals surface area (Å²) in [6.45, 7) is 6.87. The predicted octanol–water partition coefficient (Wildman–Crippen LogP) is 2.94. The molecule has 72 valence electrons. The van der Waals surface area contributed by atoms with Crippen molar-refractivity contribution >= 4 is 0 Å². The van der Waals surface area contributed by atoms with Crippen LogP contribution in [0.5, 0.6) is 0 Å². The quantitative estimate of drug-likeness (QED) is 0.600. The second-order valence-corrected chi connectivity index (χ2v) is 4.92. The van der Waals surface area contributed by atoms with Crippen molar-refractivity contribution in [1.29, 1.82) is 0 Å². The first-order chi connectivity index (χ1) is 5.54. The van der Waals surface area contributed by atoms with E-state index in [0.717, 1.165) is 5.92 Å². The summed E-state index contributed by atoms with van der Waals surface area (Å²) < 4.78 is 0. The molecule has 1 saturated carbocycles. The highest BCUT2D eigenvalue weighted by atomic mass is 14.8. The summed E-state index contributed by atoms with van der Waals surface area (Å²) in [6.07, 6.45) is 6.50. The molecule has 1 nitrogen and oxygen atoms in total. The average Bonchev–Trinajstić information content (AvgIpc) is 2.15. The van der Waals surface area contributed by atoms with E-state index in [1.165, 1.54) is 32.1 Å². The number of rotatable bonds is 1. The van der Waals surface area contributed by atoms with Crippen molar-refractivity contribution in [2.45, 2.75) is 58.4 Å². The van der Waals surface area contributed by atoms with Crippen molar-refractivity contribution < 1.29 is 0 Å². The van der Waals surface area contributed by atoms with E-state index in [-0.39, 0.29) is 5.54 Å². The topological polar surface area (TPSA) is 26.0 Å². The summed E-state index contributed by atoms with van der Waals surface area (Å²) in [5.41, 5.74) is 6.51. The van der Waals surface area contributed by atoms with E-state index in [1.807, 2.05) is 0 Å². The SMILES string of the molecule is CC1CCCC(N)(C(C)C)CC1. The maximum atomic E-state index is 6.36. The Bertz CT molecular complexity index is 142. The predicted molar refractivity (Wildman–Crippen MR) is 54.0 cm³/mol. The highest BCUT2D eigenvalue weighted by Crippen LogP contribution is 2.33.